The summed E-state index contributed by atoms with van der Waals surface area (Å²) in [6.07, 6.45) is 2.19. The molecule has 1 unspecified atom stereocenters. The van der Waals surface area contributed by atoms with Gasteiger partial charge < -0.3 is 15.5 Å². The predicted octanol–water partition coefficient (Wildman–Crippen LogP) is 1.40. The largest absolute Gasteiger partial charge is 0.452 e. The van der Waals surface area contributed by atoms with Gasteiger partial charge in [-0.15, -0.1) is 0 Å². The van der Waals surface area contributed by atoms with Crippen molar-refractivity contribution in [1.82, 2.24) is 5.32 Å². The standard InChI is InChI=1S/C9H13ClN2O2/c1-2-6(11)5-12-9(13)7-3-4-14-8(7)10/h3-4,6H,2,5,11H2,1H3,(H,12,13). The Hall–Kier alpha value is -1.00. The van der Waals surface area contributed by atoms with E-state index in [2.05, 4.69) is 5.32 Å². The second kappa shape index (κ2) is 5.02. The van der Waals surface area contributed by atoms with Crippen molar-refractivity contribution < 1.29 is 9.21 Å². The first-order valence-electron chi connectivity index (χ1n) is 4.42. The third-order valence-electron chi connectivity index (χ3n) is 1.91. The SMILES string of the molecule is CCC(N)CNC(=O)c1ccoc1Cl. The van der Waals surface area contributed by atoms with Gasteiger partial charge in [0, 0.05) is 12.6 Å². The summed E-state index contributed by atoms with van der Waals surface area (Å²) in [5, 5.41) is 2.77. The highest BCUT2D eigenvalue weighted by molar-refractivity contribution is 6.32. The normalized spacial score (nSPS) is 12.5. The molecule has 78 valence electrons. The maximum absolute atomic E-state index is 11.4. The number of furan rings is 1. The molecule has 14 heavy (non-hydrogen) atoms. The fraction of sp³-hybridized carbons (Fsp3) is 0.444. The zero-order valence-corrected chi connectivity index (χ0v) is 8.67. The van der Waals surface area contributed by atoms with E-state index in [9.17, 15) is 4.79 Å². The first-order chi connectivity index (χ1) is 6.65. The van der Waals surface area contributed by atoms with Crippen molar-refractivity contribution in [1.29, 1.82) is 0 Å². The van der Waals surface area contributed by atoms with Crippen LogP contribution in [0.4, 0.5) is 0 Å². The molecule has 0 aliphatic carbocycles. The Labute approximate surface area is 87.4 Å². The number of hydrogen-bond donors (Lipinski definition) is 2. The monoisotopic (exact) mass is 216 g/mol. The molecule has 0 bridgehead atoms. The molecule has 1 aromatic rings. The molecule has 0 spiro atoms. The van der Waals surface area contributed by atoms with E-state index in [-0.39, 0.29) is 17.2 Å². The van der Waals surface area contributed by atoms with Gasteiger partial charge in [-0.3, -0.25) is 4.79 Å². The first kappa shape index (κ1) is 11.1. The Balaban J connectivity index is 2.47. The lowest BCUT2D eigenvalue weighted by atomic mass is 10.2. The van der Waals surface area contributed by atoms with Crippen molar-refractivity contribution in [3.8, 4) is 0 Å². The number of rotatable bonds is 4. The highest BCUT2D eigenvalue weighted by Crippen LogP contribution is 2.15. The summed E-state index contributed by atoms with van der Waals surface area (Å²) < 4.78 is 4.79. The minimum Gasteiger partial charge on any atom is -0.452 e. The van der Waals surface area contributed by atoms with E-state index in [4.69, 9.17) is 21.8 Å². The number of nitrogens with one attached hydrogen (secondary N) is 1. The molecule has 0 saturated heterocycles. The molecule has 5 heteroatoms. The second-order valence-electron chi connectivity index (χ2n) is 2.99. The van der Waals surface area contributed by atoms with Crippen LogP contribution in [0, 0.1) is 0 Å². The van der Waals surface area contributed by atoms with Gasteiger partial charge in [-0.05, 0) is 24.1 Å². The maximum Gasteiger partial charge on any atom is 0.256 e. The highest BCUT2D eigenvalue weighted by atomic mass is 35.5. The lowest BCUT2D eigenvalue weighted by Gasteiger charge is -2.09. The van der Waals surface area contributed by atoms with E-state index >= 15 is 0 Å². The Morgan fingerprint density at radius 1 is 1.79 bits per heavy atom. The average Bonchev–Trinajstić information content (AvgIpc) is 2.60. The van der Waals surface area contributed by atoms with Gasteiger partial charge in [-0.25, -0.2) is 0 Å². The zero-order valence-electron chi connectivity index (χ0n) is 7.92. The number of carbonyl (C=O) groups is 1. The van der Waals surface area contributed by atoms with E-state index in [1.807, 2.05) is 6.92 Å². The fourth-order valence-electron chi connectivity index (χ4n) is 0.919. The summed E-state index contributed by atoms with van der Waals surface area (Å²) >= 11 is 5.63. The quantitative estimate of drug-likeness (QED) is 0.800. The van der Waals surface area contributed by atoms with Gasteiger partial charge in [-0.2, -0.15) is 0 Å². The van der Waals surface area contributed by atoms with Crippen molar-refractivity contribution in [3.05, 3.63) is 23.1 Å². The molecule has 4 nitrogen and oxygen atoms in total. The Morgan fingerprint density at radius 2 is 2.50 bits per heavy atom. The third kappa shape index (κ3) is 2.75. The molecule has 1 amide bonds. The van der Waals surface area contributed by atoms with E-state index in [1.165, 1.54) is 12.3 Å². The van der Waals surface area contributed by atoms with Crippen molar-refractivity contribution >= 4 is 17.5 Å². The lowest BCUT2D eigenvalue weighted by Crippen LogP contribution is -2.36. The second-order valence-corrected chi connectivity index (χ2v) is 3.33. The number of hydrogen-bond acceptors (Lipinski definition) is 3. The van der Waals surface area contributed by atoms with Crippen LogP contribution in [0.2, 0.25) is 5.22 Å². The van der Waals surface area contributed by atoms with Crippen molar-refractivity contribution in [2.24, 2.45) is 5.73 Å². The van der Waals surface area contributed by atoms with Crippen LogP contribution in [0.15, 0.2) is 16.7 Å². The van der Waals surface area contributed by atoms with Gasteiger partial charge in [0.25, 0.3) is 5.91 Å². The fourth-order valence-corrected chi connectivity index (χ4v) is 1.12. The lowest BCUT2D eigenvalue weighted by molar-refractivity contribution is 0.0950. The summed E-state index contributed by atoms with van der Waals surface area (Å²) in [5.74, 6) is -0.257. The van der Waals surface area contributed by atoms with E-state index < -0.39 is 0 Å². The summed E-state index contributed by atoms with van der Waals surface area (Å²) in [4.78, 5) is 11.4. The average molecular weight is 217 g/mol. The number of amides is 1. The number of nitrogens with two attached hydrogens (primary N) is 1. The number of carbonyl (C=O) groups excluding carboxylic acids is 1. The number of halogens is 1. The van der Waals surface area contributed by atoms with E-state index in [0.29, 0.717) is 12.1 Å². The van der Waals surface area contributed by atoms with Crippen LogP contribution >= 0.6 is 11.6 Å². The maximum atomic E-state index is 11.4. The Kier molecular flexibility index (Phi) is 3.98. The van der Waals surface area contributed by atoms with E-state index in [1.54, 1.807) is 0 Å². The smallest absolute Gasteiger partial charge is 0.256 e. The Bertz CT molecular complexity index is 312. The van der Waals surface area contributed by atoms with Gasteiger partial charge in [0.2, 0.25) is 5.22 Å². The summed E-state index contributed by atoms with van der Waals surface area (Å²) in [5.41, 5.74) is 5.98. The summed E-state index contributed by atoms with van der Waals surface area (Å²) in [6.45, 7) is 2.40. The van der Waals surface area contributed by atoms with Crippen LogP contribution < -0.4 is 11.1 Å². The molecule has 0 aliphatic rings. The minimum atomic E-state index is -0.257. The third-order valence-corrected chi connectivity index (χ3v) is 2.20. The minimum absolute atomic E-state index is 0.0235. The molecule has 0 saturated carbocycles. The summed E-state index contributed by atoms with van der Waals surface area (Å²) in [7, 11) is 0. The van der Waals surface area contributed by atoms with E-state index in [0.717, 1.165) is 6.42 Å². The van der Waals surface area contributed by atoms with Crippen molar-refractivity contribution in [2.75, 3.05) is 6.54 Å². The topological polar surface area (TPSA) is 68.3 Å². The molecule has 0 aromatic carbocycles. The Morgan fingerprint density at radius 3 is 3.00 bits per heavy atom. The van der Waals surface area contributed by atoms with Crippen LogP contribution in [0.25, 0.3) is 0 Å². The van der Waals surface area contributed by atoms with Gasteiger partial charge in [0.1, 0.15) is 0 Å². The molecule has 0 fully saturated rings. The predicted molar refractivity (Wildman–Crippen MR) is 54.3 cm³/mol. The molecule has 0 radical (unpaired) electrons. The summed E-state index contributed by atoms with van der Waals surface area (Å²) in [6, 6.07) is 1.50. The molecular weight excluding hydrogens is 204 g/mol. The van der Waals surface area contributed by atoms with Gasteiger partial charge in [-0.1, -0.05) is 6.92 Å². The van der Waals surface area contributed by atoms with Crippen LogP contribution in [-0.2, 0) is 0 Å². The van der Waals surface area contributed by atoms with Crippen molar-refractivity contribution in [3.63, 3.8) is 0 Å². The molecular formula is C9H13ClN2O2. The zero-order chi connectivity index (χ0) is 10.6. The van der Waals surface area contributed by atoms with Crippen LogP contribution in [0.3, 0.4) is 0 Å². The molecule has 3 N–H and O–H groups in total. The molecule has 1 aromatic heterocycles. The van der Waals surface area contributed by atoms with Crippen molar-refractivity contribution in [2.45, 2.75) is 19.4 Å². The molecule has 1 rings (SSSR count). The molecule has 1 atom stereocenters. The van der Waals surface area contributed by atoms with Gasteiger partial charge in [0.05, 0.1) is 11.8 Å². The highest BCUT2D eigenvalue weighted by Gasteiger charge is 2.12. The van der Waals surface area contributed by atoms with Crippen LogP contribution in [0.5, 0.6) is 0 Å². The van der Waals surface area contributed by atoms with Gasteiger partial charge in [0.15, 0.2) is 0 Å². The molecule has 1 heterocycles. The first-order valence-corrected chi connectivity index (χ1v) is 4.79. The van der Waals surface area contributed by atoms with Crippen LogP contribution in [0.1, 0.15) is 23.7 Å². The van der Waals surface area contributed by atoms with Gasteiger partial charge >= 0.3 is 0 Å². The van der Waals surface area contributed by atoms with Crippen LogP contribution in [-0.4, -0.2) is 18.5 Å². The molecule has 0 aliphatic heterocycles.